The summed E-state index contributed by atoms with van der Waals surface area (Å²) in [5.74, 6) is 0. The van der Waals surface area contributed by atoms with Crippen LogP contribution in [0.1, 0.15) is 11.4 Å². The largest absolute Gasteiger partial charge is 0.404 e. The highest BCUT2D eigenvalue weighted by Gasteiger charge is 2.15. The molecule has 0 fully saturated rings. The molecule has 0 bridgehead atoms. The van der Waals surface area contributed by atoms with Crippen LogP contribution in [0.2, 0.25) is 0 Å². The number of nitrogens with one attached hydrogen (secondary N) is 1. The monoisotopic (exact) mass is 242 g/mol. The predicted octanol–water partition coefficient (Wildman–Crippen LogP) is 0.413. The van der Waals surface area contributed by atoms with Crippen LogP contribution >= 0.6 is 0 Å². The molecule has 0 saturated heterocycles. The van der Waals surface area contributed by atoms with Crippen LogP contribution in [0.25, 0.3) is 22.4 Å². The van der Waals surface area contributed by atoms with Gasteiger partial charge >= 0.3 is 0 Å². The SMILES string of the molecule is Cc1nc2c3[nH]cnc3ncn2c1/C(C=O)=C/N. The lowest BCUT2D eigenvalue weighted by molar-refractivity contribution is -0.103. The Kier molecular flexibility index (Phi) is 2.12. The van der Waals surface area contributed by atoms with Gasteiger partial charge in [-0.3, -0.25) is 9.20 Å². The molecule has 0 aliphatic heterocycles. The predicted molar refractivity (Wildman–Crippen MR) is 65.6 cm³/mol. The van der Waals surface area contributed by atoms with Crippen LogP contribution < -0.4 is 5.73 Å². The number of imidazole rings is 2. The van der Waals surface area contributed by atoms with Gasteiger partial charge in [0.1, 0.15) is 11.8 Å². The van der Waals surface area contributed by atoms with E-state index in [1.165, 1.54) is 6.20 Å². The first-order chi connectivity index (χ1) is 8.76. The molecule has 3 aromatic rings. The first-order valence-electron chi connectivity index (χ1n) is 5.30. The van der Waals surface area contributed by atoms with Crippen molar-refractivity contribution in [1.29, 1.82) is 0 Å². The van der Waals surface area contributed by atoms with Crippen molar-refractivity contribution in [3.63, 3.8) is 0 Å². The van der Waals surface area contributed by atoms with Crippen molar-refractivity contribution >= 4 is 28.7 Å². The van der Waals surface area contributed by atoms with Crippen LogP contribution in [0.15, 0.2) is 18.9 Å². The number of fused-ring (bicyclic) bond motifs is 3. The number of rotatable bonds is 2. The van der Waals surface area contributed by atoms with Crippen molar-refractivity contribution in [2.24, 2.45) is 5.73 Å². The van der Waals surface area contributed by atoms with Gasteiger partial charge in [0.2, 0.25) is 0 Å². The number of nitrogens with zero attached hydrogens (tertiary/aromatic N) is 4. The summed E-state index contributed by atoms with van der Waals surface area (Å²) in [6, 6.07) is 0. The van der Waals surface area contributed by atoms with E-state index in [2.05, 4.69) is 19.9 Å². The molecule has 0 unspecified atom stereocenters. The van der Waals surface area contributed by atoms with E-state index in [0.29, 0.717) is 34.5 Å². The van der Waals surface area contributed by atoms with E-state index in [4.69, 9.17) is 5.73 Å². The fourth-order valence-corrected chi connectivity index (χ4v) is 2.02. The minimum Gasteiger partial charge on any atom is -0.404 e. The van der Waals surface area contributed by atoms with Gasteiger partial charge in [0, 0.05) is 6.20 Å². The standard InChI is InChI=1S/C11H10N6O/c1-6-9(7(2-12)3-18)17-5-15-10-8(11(17)16-6)13-4-14-10/h2-5H,12H2,1H3,(H,13,14)/b7-2+. The van der Waals surface area contributed by atoms with Gasteiger partial charge in [0.25, 0.3) is 0 Å². The number of carbonyl (C=O) groups excluding carboxylic acids is 1. The number of aromatic amines is 1. The molecule has 0 aliphatic rings. The summed E-state index contributed by atoms with van der Waals surface area (Å²) in [6.45, 7) is 1.82. The Morgan fingerprint density at radius 2 is 2.33 bits per heavy atom. The van der Waals surface area contributed by atoms with E-state index >= 15 is 0 Å². The summed E-state index contributed by atoms with van der Waals surface area (Å²) in [7, 11) is 0. The highest BCUT2D eigenvalue weighted by molar-refractivity contribution is 6.07. The summed E-state index contributed by atoms with van der Waals surface area (Å²) in [5.41, 5.74) is 9.17. The maximum absolute atomic E-state index is 11.0. The Bertz CT molecular complexity index is 781. The van der Waals surface area contributed by atoms with Crippen LogP contribution in [0.4, 0.5) is 0 Å². The van der Waals surface area contributed by atoms with Gasteiger partial charge in [0.05, 0.1) is 23.3 Å². The Morgan fingerprint density at radius 3 is 3.06 bits per heavy atom. The molecule has 0 radical (unpaired) electrons. The summed E-state index contributed by atoms with van der Waals surface area (Å²) < 4.78 is 1.73. The zero-order valence-corrected chi connectivity index (χ0v) is 9.58. The second-order valence-corrected chi connectivity index (χ2v) is 3.83. The highest BCUT2D eigenvalue weighted by Crippen LogP contribution is 2.21. The molecule has 90 valence electrons. The van der Waals surface area contributed by atoms with E-state index < -0.39 is 0 Å². The average Bonchev–Trinajstić information content (AvgIpc) is 2.95. The Hall–Kier alpha value is -2.70. The third-order valence-corrected chi connectivity index (χ3v) is 2.80. The molecule has 3 aromatic heterocycles. The lowest BCUT2D eigenvalue weighted by Gasteiger charge is -2.00. The molecule has 3 heterocycles. The normalized spacial score (nSPS) is 12.4. The average molecular weight is 242 g/mol. The number of carbonyl (C=O) groups is 1. The number of aromatic nitrogens is 5. The third-order valence-electron chi connectivity index (χ3n) is 2.80. The van der Waals surface area contributed by atoms with Gasteiger partial charge in [-0.25, -0.2) is 15.0 Å². The van der Waals surface area contributed by atoms with Gasteiger partial charge < -0.3 is 10.7 Å². The fraction of sp³-hybridized carbons (Fsp3) is 0.0909. The van der Waals surface area contributed by atoms with Gasteiger partial charge in [-0.15, -0.1) is 0 Å². The molecular weight excluding hydrogens is 232 g/mol. The first kappa shape index (κ1) is 10.5. The van der Waals surface area contributed by atoms with Crippen LogP contribution in [-0.2, 0) is 4.79 Å². The molecule has 0 aliphatic carbocycles. The summed E-state index contributed by atoms with van der Waals surface area (Å²) >= 11 is 0. The van der Waals surface area contributed by atoms with Crippen molar-refractivity contribution in [3.8, 4) is 0 Å². The topological polar surface area (TPSA) is 102 Å². The number of aryl methyl sites for hydroxylation is 1. The third kappa shape index (κ3) is 1.24. The smallest absolute Gasteiger partial charge is 0.182 e. The summed E-state index contributed by atoms with van der Waals surface area (Å²) in [5, 5.41) is 0. The minimum atomic E-state index is 0.376. The van der Waals surface area contributed by atoms with Gasteiger partial charge in [-0.2, -0.15) is 0 Å². The summed E-state index contributed by atoms with van der Waals surface area (Å²) in [4.78, 5) is 26.7. The second kappa shape index (κ2) is 3.66. The molecule has 3 N–H and O–H groups in total. The van der Waals surface area contributed by atoms with Crippen LogP contribution in [0.5, 0.6) is 0 Å². The molecule has 7 nitrogen and oxygen atoms in total. The van der Waals surface area contributed by atoms with Crippen LogP contribution in [0.3, 0.4) is 0 Å². The van der Waals surface area contributed by atoms with Gasteiger partial charge in [-0.05, 0) is 6.92 Å². The molecule has 0 spiro atoms. The van der Waals surface area contributed by atoms with Crippen molar-refractivity contribution in [1.82, 2.24) is 24.3 Å². The number of hydrogen-bond donors (Lipinski definition) is 2. The molecule has 18 heavy (non-hydrogen) atoms. The van der Waals surface area contributed by atoms with Crippen molar-refractivity contribution in [2.45, 2.75) is 6.92 Å². The zero-order valence-electron chi connectivity index (χ0n) is 9.58. The fourth-order valence-electron chi connectivity index (χ4n) is 2.02. The molecule has 3 rings (SSSR count). The van der Waals surface area contributed by atoms with E-state index in [0.717, 1.165) is 5.52 Å². The highest BCUT2D eigenvalue weighted by atomic mass is 16.1. The van der Waals surface area contributed by atoms with Crippen molar-refractivity contribution in [3.05, 3.63) is 30.2 Å². The van der Waals surface area contributed by atoms with Crippen molar-refractivity contribution in [2.75, 3.05) is 0 Å². The number of allylic oxidation sites excluding steroid dienone is 1. The van der Waals surface area contributed by atoms with Crippen molar-refractivity contribution < 1.29 is 4.79 Å². The number of aldehydes is 1. The molecule has 0 saturated carbocycles. The number of hydrogen-bond acceptors (Lipinski definition) is 5. The minimum absolute atomic E-state index is 0.376. The zero-order chi connectivity index (χ0) is 12.7. The molecule has 0 amide bonds. The second-order valence-electron chi connectivity index (χ2n) is 3.83. The number of nitrogens with two attached hydrogens (primary N) is 1. The summed E-state index contributed by atoms with van der Waals surface area (Å²) in [6.07, 6.45) is 5.11. The molecule has 7 heteroatoms. The Morgan fingerprint density at radius 1 is 1.50 bits per heavy atom. The van der Waals surface area contributed by atoms with E-state index in [9.17, 15) is 4.79 Å². The van der Waals surface area contributed by atoms with E-state index in [1.54, 1.807) is 17.1 Å². The van der Waals surface area contributed by atoms with Crippen LogP contribution in [-0.4, -0.2) is 30.6 Å². The maximum atomic E-state index is 11.0. The Labute approximate surface area is 101 Å². The molecule has 0 aromatic carbocycles. The Balaban J connectivity index is 2.46. The molecular formula is C11H10N6O. The lowest BCUT2D eigenvalue weighted by Crippen LogP contribution is -1.99. The van der Waals surface area contributed by atoms with Crippen LogP contribution in [0, 0.1) is 6.92 Å². The number of H-pyrrole nitrogens is 1. The van der Waals surface area contributed by atoms with E-state index in [-0.39, 0.29) is 0 Å². The first-order valence-corrected chi connectivity index (χ1v) is 5.30. The van der Waals surface area contributed by atoms with Gasteiger partial charge in [-0.1, -0.05) is 0 Å². The lowest BCUT2D eigenvalue weighted by atomic mass is 10.2. The van der Waals surface area contributed by atoms with Gasteiger partial charge in [0.15, 0.2) is 17.6 Å². The quantitative estimate of drug-likeness (QED) is 0.500. The molecule has 0 atom stereocenters. The van der Waals surface area contributed by atoms with E-state index in [1.807, 2.05) is 6.92 Å². The maximum Gasteiger partial charge on any atom is 0.182 e.